The van der Waals surface area contributed by atoms with Crippen molar-refractivity contribution in [2.75, 3.05) is 31.5 Å². The Balaban J connectivity index is 1.58. The first-order valence-electron chi connectivity index (χ1n) is 7.55. The van der Waals surface area contributed by atoms with Gasteiger partial charge in [0.1, 0.15) is 5.82 Å². The summed E-state index contributed by atoms with van der Waals surface area (Å²) in [7, 11) is 0. The maximum Gasteiger partial charge on any atom is 0.238 e. The van der Waals surface area contributed by atoms with E-state index in [0.29, 0.717) is 35.7 Å². The lowest BCUT2D eigenvalue weighted by Crippen LogP contribution is -2.38. The fourth-order valence-electron chi connectivity index (χ4n) is 3.52. The number of carbonyl (C=O) groups excluding carboxylic acids is 1. The third-order valence-corrected chi connectivity index (χ3v) is 4.86. The number of anilines is 1. The minimum atomic E-state index is -0.289. The van der Waals surface area contributed by atoms with Crippen LogP contribution in [-0.4, -0.2) is 43.0 Å². The summed E-state index contributed by atoms with van der Waals surface area (Å²) in [6, 6.07) is 5.21. The van der Waals surface area contributed by atoms with Crippen molar-refractivity contribution in [3.05, 3.63) is 29.6 Å². The summed E-state index contributed by atoms with van der Waals surface area (Å²) in [5, 5.41) is 6.20. The number of halogens is 1. The smallest absolute Gasteiger partial charge is 0.238 e. The Hall–Kier alpha value is -1.46. The fourth-order valence-corrected chi connectivity index (χ4v) is 3.52. The molecule has 0 aromatic heterocycles. The Morgan fingerprint density at radius 2 is 2.29 bits per heavy atom. The number of nitrogens with zero attached hydrogens (tertiary/aromatic N) is 1. The third-order valence-electron chi connectivity index (χ3n) is 4.86. The van der Waals surface area contributed by atoms with Crippen LogP contribution in [0.2, 0.25) is 0 Å². The first-order valence-corrected chi connectivity index (χ1v) is 7.55. The van der Waals surface area contributed by atoms with Crippen LogP contribution in [0, 0.1) is 24.6 Å². The van der Waals surface area contributed by atoms with Crippen LogP contribution < -0.4 is 10.6 Å². The molecule has 0 saturated carbocycles. The number of benzene rings is 1. The van der Waals surface area contributed by atoms with Gasteiger partial charge in [0, 0.05) is 18.3 Å². The van der Waals surface area contributed by atoms with Gasteiger partial charge in [-0.3, -0.25) is 9.69 Å². The molecule has 5 heteroatoms. The lowest BCUT2D eigenvalue weighted by molar-refractivity contribution is -0.117. The fraction of sp³-hybridized carbons (Fsp3) is 0.562. The zero-order valence-corrected chi connectivity index (χ0v) is 12.5. The van der Waals surface area contributed by atoms with Crippen molar-refractivity contribution in [3.8, 4) is 0 Å². The maximum atomic E-state index is 13.5. The number of amides is 1. The zero-order valence-electron chi connectivity index (χ0n) is 12.5. The van der Waals surface area contributed by atoms with Gasteiger partial charge in [0.15, 0.2) is 0 Å². The first-order chi connectivity index (χ1) is 10.0. The second-order valence-corrected chi connectivity index (χ2v) is 6.26. The molecule has 0 bridgehead atoms. The monoisotopic (exact) mass is 291 g/mol. The van der Waals surface area contributed by atoms with Gasteiger partial charge in [0.25, 0.3) is 0 Å². The SMILES string of the molecule is Cc1ccc(NC(=O)CN2CC3CNCC3C2C)cc1F. The summed E-state index contributed by atoms with van der Waals surface area (Å²) in [5.41, 5.74) is 1.11. The quantitative estimate of drug-likeness (QED) is 0.889. The molecule has 2 fully saturated rings. The Kier molecular flexibility index (Phi) is 3.95. The average Bonchev–Trinajstić information content (AvgIpc) is 2.99. The van der Waals surface area contributed by atoms with Crippen molar-refractivity contribution in [1.29, 1.82) is 0 Å². The lowest BCUT2D eigenvalue weighted by Gasteiger charge is -2.23. The van der Waals surface area contributed by atoms with Gasteiger partial charge >= 0.3 is 0 Å². The molecule has 2 N–H and O–H groups in total. The van der Waals surface area contributed by atoms with E-state index in [9.17, 15) is 9.18 Å². The van der Waals surface area contributed by atoms with Gasteiger partial charge in [-0.05, 0) is 56.5 Å². The maximum absolute atomic E-state index is 13.5. The number of likely N-dealkylation sites (tertiary alicyclic amines) is 1. The molecule has 3 atom stereocenters. The molecule has 2 aliphatic heterocycles. The van der Waals surface area contributed by atoms with E-state index >= 15 is 0 Å². The summed E-state index contributed by atoms with van der Waals surface area (Å²) in [6.45, 7) is 7.34. The molecule has 3 unspecified atom stereocenters. The summed E-state index contributed by atoms with van der Waals surface area (Å²) >= 11 is 0. The number of hydrogen-bond acceptors (Lipinski definition) is 3. The van der Waals surface area contributed by atoms with Crippen LogP contribution in [0.15, 0.2) is 18.2 Å². The average molecular weight is 291 g/mol. The predicted octanol–water partition coefficient (Wildman–Crippen LogP) is 1.61. The molecule has 2 heterocycles. The molecule has 21 heavy (non-hydrogen) atoms. The van der Waals surface area contributed by atoms with Crippen LogP contribution in [0.4, 0.5) is 10.1 Å². The highest BCUT2D eigenvalue weighted by Gasteiger charge is 2.42. The first kappa shape index (κ1) is 14.5. The molecule has 0 radical (unpaired) electrons. The summed E-state index contributed by atoms with van der Waals surface area (Å²) in [5.74, 6) is 0.945. The molecule has 4 nitrogen and oxygen atoms in total. The summed E-state index contributed by atoms with van der Waals surface area (Å²) in [6.07, 6.45) is 0. The van der Waals surface area contributed by atoms with Crippen molar-refractivity contribution in [2.45, 2.75) is 19.9 Å². The van der Waals surface area contributed by atoms with Gasteiger partial charge in [-0.25, -0.2) is 4.39 Å². The van der Waals surface area contributed by atoms with Crippen LogP contribution in [0.3, 0.4) is 0 Å². The number of nitrogens with one attached hydrogen (secondary N) is 2. The molecule has 2 aliphatic rings. The molecular weight excluding hydrogens is 269 g/mol. The van der Waals surface area contributed by atoms with Gasteiger partial charge in [0.2, 0.25) is 5.91 Å². The minimum Gasteiger partial charge on any atom is -0.325 e. The van der Waals surface area contributed by atoms with Crippen molar-refractivity contribution >= 4 is 11.6 Å². The van der Waals surface area contributed by atoms with Crippen molar-refractivity contribution < 1.29 is 9.18 Å². The van der Waals surface area contributed by atoms with Gasteiger partial charge in [-0.2, -0.15) is 0 Å². The van der Waals surface area contributed by atoms with E-state index < -0.39 is 0 Å². The normalized spacial score (nSPS) is 28.6. The molecule has 0 aliphatic carbocycles. The van der Waals surface area contributed by atoms with Crippen molar-refractivity contribution in [1.82, 2.24) is 10.2 Å². The number of rotatable bonds is 3. The third kappa shape index (κ3) is 2.94. The van der Waals surface area contributed by atoms with Gasteiger partial charge in [0.05, 0.1) is 6.54 Å². The minimum absolute atomic E-state index is 0.0713. The zero-order chi connectivity index (χ0) is 15.0. The topological polar surface area (TPSA) is 44.4 Å². The van der Waals surface area contributed by atoms with E-state index in [0.717, 1.165) is 19.6 Å². The van der Waals surface area contributed by atoms with Crippen LogP contribution >= 0.6 is 0 Å². The van der Waals surface area contributed by atoms with Crippen LogP contribution in [-0.2, 0) is 4.79 Å². The standard InChI is InChI=1S/C16H22FN3O/c1-10-3-4-13(5-15(10)17)19-16(21)9-20-8-12-6-18-7-14(12)11(20)2/h3-5,11-12,14,18H,6-9H2,1-2H3,(H,19,21). The van der Waals surface area contributed by atoms with Crippen molar-refractivity contribution in [3.63, 3.8) is 0 Å². The highest BCUT2D eigenvalue weighted by Crippen LogP contribution is 2.31. The van der Waals surface area contributed by atoms with Crippen molar-refractivity contribution in [2.24, 2.45) is 11.8 Å². The van der Waals surface area contributed by atoms with Crippen LogP contribution in [0.25, 0.3) is 0 Å². The largest absolute Gasteiger partial charge is 0.325 e. The molecular formula is C16H22FN3O. The molecule has 0 spiro atoms. The lowest BCUT2D eigenvalue weighted by atomic mass is 9.95. The summed E-state index contributed by atoms with van der Waals surface area (Å²) in [4.78, 5) is 14.4. The van der Waals surface area contributed by atoms with Gasteiger partial charge in [-0.1, -0.05) is 6.07 Å². The van der Waals surface area contributed by atoms with Crippen LogP contribution in [0.5, 0.6) is 0 Å². The van der Waals surface area contributed by atoms with Crippen LogP contribution in [0.1, 0.15) is 12.5 Å². The van der Waals surface area contributed by atoms with Gasteiger partial charge in [-0.15, -0.1) is 0 Å². The summed E-state index contributed by atoms with van der Waals surface area (Å²) < 4.78 is 13.5. The van der Waals surface area contributed by atoms with E-state index in [1.54, 1.807) is 19.1 Å². The second kappa shape index (κ2) is 5.73. The molecule has 1 aromatic rings. The van der Waals surface area contributed by atoms with E-state index in [2.05, 4.69) is 22.5 Å². The molecule has 1 amide bonds. The Morgan fingerprint density at radius 3 is 3.00 bits per heavy atom. The molecule has 114 valence electrons. The Bertz CT molecular complexity index is 548. The molecule has 3 rings (SSSR count). The highest BCUT2D eigenvalue weighted by atomic mass is 19.1. The number of hydrogen-bond donors (Lipinski definition) is 2. The predicted molar refractivity (Wildman–Crippen MR) is 80.7 cm³/mol. The van der Waals surface area contributed by atoms with Gasteiger partial charge < -0.3 is 10.6 Å². The van der Waals surface area contributed by atoms with E-state index in [1.165, 1.54) is 6.07 Å². The van der Waals surface area contributed by atoms with E-state index in [4.69, 9.17) is 0 Å². The Labute approximate surface area is 124 Å². The molecule has 1 aromatic carbocycles. The van der Waals surface area contributed by atoms with E-state index in [-0.39, 0.29) is 11.7 Å². The Morgan fingerprint density at radius 1 is 1.48 bits per heavy atom. The number of carbonyl (C=O) groups is 1. The highest BCUT2D eigenvalue weighted by molar-refractivity contribution is 5.92. The number of fused-ring (bicyclic) bond motifs is 1. The number of aryl methyl sites for hydroxylation is 1. The van der Waals surface area contributed by atoms with E-state index in [1.807, 2.05) is 0 Å². The second-order valence-electron chi connectivity index (χ2n) is 6.26. The molecule has 2 saturated heterocycles.